The van der Waals surface area contributed by atoms with Crippen LogP contribution in [-0.4, -0.2) is 29.3 Å². The molecule has 1 aromatic carbocycles. The molecule has 5 nitrogen and oxygen atoms in total. The van der Waals surface area contributed by atoms with E-state index in [2.05, 4.69) is 5.32 Å². The van der Waals surface area contributed by atoms with Gasteiger partial charge in [-0.25, -0.2) is 4.79 Å². The SMILES string of the molecule is CC(C)(C)OC(=O)NCC=Cc1ccc(C(C)(C)C(=O)O)cc1. The number of benzene rings is 1. The molecule has 0 saturated carbocycles. The maximum atomic E-state index is 11.5. The van der Waals surface area contributed by atoms with E-state index in [1.165, 1.54) is 0 Å². The largest absolute Gasteiger partial charge is 0.481 e. The number of carbonyl (C=O) groups is 2. The highest BCUT2D eigenvalue weighted by Gasteiger charge is 2.28. The Balaban J connectivity index is 2.56. The molecular weight excluding hydrogens is 294 g/mol. The predicted octanol–water partition coefficient (Wildman–Crippen LogP) is 3.59. The highest BCUT2D eigenvalue weighted by Crippen LogP contribution is 2.23. The summed E-state index contributed by atoms with van der Waals surface area (Å²) in [4.78, 5) is 22.7. The van der Waals surface area contributed by atoms with Gasteiger partial charge in [-0.2, -0.15) is 0 Å². The van der Waals surface area contributed by atoms with E-state index in [0.717, 1.165) is 11.1 Å². The van der Waals surface area contributed by atoms with E-state index in [4.69, 9.17) is 4.74 Å². The molecule has 0 fully saturated rings. The van der Waals surface area contributed by atoms with Gasteiger partial charge in [-0.05, 0) is 45.7 Å². The Morgan fingerprint density at radius 1 is 1.13 bits per heavy atom. The highest BCUT2D eigenvalue weighted by molar-refractivity contribution is 5.80. The van der Waals surface area contributed by atoms with E-state index in [9.17, 15) is 14.7 Å². The van der Waals surface area contributed by atoms with Gasteiger partial charge in [0.2, 0.25) is 0 Å². The molecule has 0 aliphatic heterocycles. The number of amides is 1. The highest BCUT2D eigenvalue weighted by atomic mass is 16.6. The van der Waals surface area contributed by atoms with Crippen LogP contribution >= 0.6 is 0 Å². The molecule has 0 heterocycles. The number of hydrogen-bond acceptors (Lipinski definition) is 3. The average molecular weight is 319 g/mol. The van der Waals surface area contributed by atoms with Crippen molar-refractivity contribution >= 4 is 18.1 Å². The molecule has 5 heteroatoms. The van der Waals surface area contributed by atoms with Crippen LogP contribution in [0, 0.1) is 0 Å². The summed E-state index contributed by atoms with van der Waals surface area (Å²) in [5.74, 6) is -0.859. The Morgan fingerprint density at radius 3 is 2.17 bits per heavy atom. The maximum Gasteiger partial charge on any atom is 0.407 e. The Bertz CT molecular complexity index is 580. The van der Waals surface area contributed by atoms with Crippen LogP contribution in [0.1, 0.15) is 45.7 Å². The monoisotopic (exact) mass is 319 g/mol. The summed E-state index contributed by atoms with van der Waals surface area (Å²) < 4.78 is 5.13. The van der Waals surface area contributed by atoms with Crippen LogP contribution in [0.5, 0.6) is 0 Å². The molecule has 0 bridgehead atoms. The maximum absolute atomic E-state index is 11.5. The molecule has 2 N–H and O–H groups in total. The predicted molar refractivity (Wildman–Crippen MR) is 90.4 cm³/mol. The molecule has 1 rings (SSSR count). The number of alkyl carbamates (subject to hydrolysis) is 1. The normalized spacial score (nSPS) is 12.2. The van der Waals surface area contributed by atoms with Crippen molar-refractivity contribution in [1.29, 1.82) is 0 Å². The molecule has 1 amide bonds. The lowest BCUT2D eigenvalue weighted by atomic mass is 9.84. The van der Waals surface area contributed by atoms with E-state index in [1.807, 2.05) is 39.0 Å². The van der Waals surface area contributed by atoms with Crippen molar-refractivity contribution in [2.45, 2.75) is 45.6 Å². The summed E-state index contributed by atoms with van der Waals surface area (Å²) in [6.07, 6.45) is 3.21. The zero-order valence-corrected chi connectivity index (χ0v) is 14.3. The fraction of sp³-hybridized carbons (Fsp3) is 0.444. The first-order chi connectivity index (χ1) is 10.5. The van der Waals surface area contributed by atoms with Gasteiger partial charge in [-0.15, -0.1) is 0 Å². The summed E-state index contributed by atoms with van der Waals surface area (Å²) in [5.41, 5.74) is 0.246. The number of nitrogens with one attached hydrogen (secondary N) is 1. The quantitative estimate of drug-likeness (QED) is 0.869. The average Bonchev–Trinajstić information content (AvgIpc) is 2.42. The number of rotatable bonds is 5. The number of ether oxygens (including phenoxy) is 1. The lowest BCUT2D eigenvalue weighted by Gasteiger charge is -2.19. The minimum absolute atomic E-state index is 0.358. The van der Waals surface area contributed by atoms with Crippen molar-refractivity contribution in [3.63, 3.8) is 0 Å². The summed E-state index contributed by atoms with van der Waals surface area (Å²) in [7, 11) is 0. The third-order valence-electron chi connectivity index (χ3n) is 3.24. The molecular formula is C18H25NO4. The molecule has 0 aliphatic carbocycles. The molecule has 0 atom stereocenters. The first-order valence-corrected chi connectivity index (χ1v) is 7.50. The van der Waals surface area contributed by atoms with Crippen LogP contribution in [-0.2, 0) is 14.9 Å². The van der Waals surface area contributed by atoms with Crippen molar-refractivity contribution in [2.75, 3.05) is 6.54 Å². The van der Waals surface area contributed by atoms with Crippen LogP contribution in [0.15, 0.2) is 30.3 Å². The molecule has 23 heavy (non-hydrogen) atoms. The topological polar surface area (TPSA) is 75.6 Å². The summed E-state index contributed by atoms with van der Waals surface area (Å²) >= 11 is 0. The van der Waals surface area contributed by atoms with Crippen molar-refractivity contribution in [3.05, 3.63) is 41.5 Å². The zero-order chi connectivity index (χ0) is 17.7. The first-order valence-electron chi connectivity index (χ1n) is 7.50. The van der Waals surface area contributed by atoms with E-state index in [0.29, 0.717) is 6.54 Å². The third-order valence-corrected chi connectivity index (χ3v) is 3.24. The Morgan fingerprint density at radius 2 is 1.70 bits per heavy atom. The number of carboxylic acids is 1. The Labute approximate surface area is 137 Å². The van der Waals surface area contributed by atoms with Crippen LogP contribution < -0.4 is 5.32 Å². The fourth-order valence-electron chi connectivity index (χ4n) is 1.79. The molecule has 0 radical (unpaired) electrons. The lowest BCUT2D eigenvalue weighted by Crippen LogP contribution is -2.32. The van der Waals surface area contributed by atoms with Gasteiger partial charge in [0.15, 0.2) is 0 Å². The number of carboxylic acid groups (broad SMARTS) is 1. The van der Waals surface area contributed by atoms with Crippen molar-refractivity contribution < 1.29 is 19.4 Å². The summed E-state index contributed by atoms with van der Waals surface area (Å²) in [6, 6.07) is 7.30. The lowest BCUT2D eigenvalue weighted by molar-refractivity contribution is -0.142. The number of carbonyl (C=O) groups excluding carboxylic acids is 1. The molecule has 0 spiro atoms. The van der Waals surface area contributed by atoms with E-state index in [1.54, 1.807) is 32.1 Å². The third kappa shape index (κ3) is 6.14. The number of hydrogen-bond donors (Lipinski definition) is 2. The van der Waals surface area contributed by atoms with Gasteiger partial charge in [-0.1, -0.05) is 36.4 Å². The zero-order valence-electron chi connectivity index (χ0n) is 14.3. The summed E-state index contributed by atoms with van der Waals surface area (Å²) in [6.45, 7) is 9.13. The second-order valence-electron chi connectivity index (χ2n) is 6.84. The van der Waals surface area contributed by atoms with Crippen LogP contribution in [0.3, 0.4) is 0 Å². The van der Waals surface area contributed by atoms with Gasteiger partial charge in [0.25, 0.3) is 0 Å². The van der Waals surface area contributed by atoms with Gasteiger partial charge < -0.3 is 15.2 Å². The van der Waals surface area contributed by atoms with Crippen molar-refractivity contribution in [1.82, 2.24) is 5.32 Å². The fourth-order valence-corrected chi connectivity index (χ4v) is 1.79. The van der Waals surface area contributed by atoms with E-state index >= 15 is 0 Å². The molecule has 0 aliphatic rings. The van der Waals surface area contributed by atoms with Gasteiger partial charge in [0.1, 0.15) is 5.60 Å². The van der Waals surface area contributed by atoms with Gasteiger partial charge in [0, 0.05) is 6.54 Å². The standard InChI is InChI=1S/C18H25NO4/c1-17(2,3)23-16(22)19-12-6-7-13-8-10-14(11-9-13)18(4,5)15(20)21/h6-11H,12H2,1-5H3,(H,19,22)(H,20,21). The summed E-state index contributed by atoms with van der Waals surface area (Å²) in [5, 5.41) is 11.8. The molecule has 126 valence electrons. The van der Waals surface area contributed by atoms with Gasteiger partial charge >= 0.3 is 12.1 Å². The van der Waals surface area contributed by atoms with Gasteiger partial charge in [0.05, 0.1) is 5.41 Å². The van der Waals surface area contributed by atoms with Gasteiger partial charge in [-0.3, -0.25) is 4.79 Å². The Hall–Kier alpha value is -2.30. The van der Waals surface area contributed by atoms with E-state index < -0.39 is 23.1 Å². The van der Waals surface area contributed by atoms with Crippen molar-refractivity contribution in [3.8, 4) is 0 Å². The molecule has 0 unspecified atom stereocenters. The van der Waals surface area contributed by atoms with Crippen LogP contribution in [0.25, 0.3) is 6.08 Å². The number of aliphatic carboxylic acids is 1. The second kappa shape index (κ2) is 7.31. The Kier molecular flexibility index (Phi) is 5.96. The minimum Gasteiger partial charge on any atom is -0.481 e. The van der Waals surface area contributed by atoms with Crippen LogP contribution in [0.2, 0.25) is 0 Å². The molecule has 0 aromatic heterocycles. The van der Waals surface area contributed by atoms with Crippen molar-refractivity contribution in [2.24, 2.45) is 0 Å². The van der Waals surface area contributed by atoms with E-state index in [-0.39, 0.29) is 0 Å². The minimum atomic E-state index is -0.916. The van der Waals surface area contributed by atoms with Crippen LogP contribution in [0.4, 0.5) is 4.79 Å². The smallest absolute Gasteiger partial charge is 0.407 e. The second-order valence-corrected chi connectivity index (χ2v) is 6.84. The first kappa shape index (κ1) is 18.7. The molecule has 1 aromatic rings. The molecule has 0 saturated heterocycles.